The minimum Gasteiger partial charge on any atom is -0.478 e. The average Bonchev–Trinajstić information content (AvgIpc) is 3.15. The molecule has 0 atom stereocenters. The zero-order chi connectivity index (χ0) is 14.7. The molecule has 106 valence electrons. The summed E-state index contributed by atoms with van der Waals surface area (Å²) in [4.78, 5) is 17.6. The van der Waals surface area contributed by atoms with Crippen molar-refractivity contribution in [3.63, 3.8) is 0 Å². The molecule has 0 aliphatic rings. The highest BCUT2D eigenvalue weighted by atomic mass is 32.2. The van der Waals surface area contributed by atoms with E-state index in [0.29, 0.717) is 5.56 Å². The molecule has 0 unspecified atom stereocenters. The topological polar surface area (TPSA) is 50.2 Å². The number of hydrogen-bond donors (Lipinski definition) is 1. The smallest absolute Gasteiger partial charge is 0.336 e. The highest BCUT2D eigenvalue weighted by Gasteiger charge is 2.11. The summed E-state index contributed by atoms with van der Waals surface area (Å²) in [7, 11) is 0. The van der Waals surface area contributed by atoms with E-state index in [4.69, 9.17) is 5.11 Å². The molecule has 0 spiro atoms. The molecule has 3 nitrogen and oxygen atoms in total. The van der Waals surface area contributed by atoms with Gasteiger partial charge in [0.15, 0.2) is 0 Å². The van der Waals surface area contributed by atoms with Crippen LogP contribution in [0.5, 0.6) is 0 Å². The summed E-state index contributed by atoms with van der Waals surface area (Å²) in [6.45, 7) is 0. The number of carboxylic acids is 1. The average molecular weight is 333 g/mol. The normalized spacial score (nSPS) is 10.7. The lowest BCUT2D eigenvalue weighted by atomic mass is 10.3. The van der Waals surface area contributed by atoms with Crippen molar-refractivity contribution in [3.05, 3.63) is 57.7 Å². The third kappa shape index (κ3) is 3.53. The van der Waals surface area contributed by atoms with E-state index in [0.717, 1.165) is 21.3 Å². The van der Waals surface area contributed by atoms with Crippen molar-refractivity contribution >= 4 is 40.4 Å². The Balaban J connectivity index is 1.69. The molecule has 2 aromatic heterocycles. The molecule has 1 N–H and O–H groups in total. The molecule has 3 aromatic rings. The maximum absolute atomic E-state index is 10.9. The Labute approximate surface area is 134 Å². The second-order valence-corrected chi connectivity index (χ2v) is 7.14. The largest absolute Gasteiger partial charge is 0.478 e. The van der Waals surface area contributed by atoms with E-state index in [1.165, 1.54) is 16.2 Å². The van der Waals surface area contributed by atoms with Crippen molar-refractivity contribution in [3.8, 4) is 10.6 Å². The van der Waals surface area contributed by atoms with Crippen molar-refractivity contribution < 1.29 is 9.90 Å². The number of carboxylic acid groups (broad SMARTS) is 1. The Morgan fingerprint density at radius 2 is 2.00 bits per heavy atom. The van der Waals surface area contributed by atoms with Crippen LogP contribution in [0.25, 0.3) is 10.6 Å². The number of hydrogen-bond acceptors (Lipinski definition) is 5. The first kappa shape index (κ1) is 14.3. The Hall–Kier alpha value is -1.63. The lowest BCUT2D eigenvalue weighted by molar-refractivity contribution is 0.0697. The molecule has 6 heteroatoms. The van der Waals surface area contributed by atoms with Gasteiger partial charge in [0, 0.05) is 15.7 Å². The molecule has 3 rings (SSSR count). The quantitative estimate of drug-likeness (QED) is 0.677. The van der Waals surface area contributed by atoms with Crippen LogP contribution in [-0.2, 0) is 5.75 Å². The first-order valence-electron chi connectivity index (χ1n) is 6.17. The second kappa shape index (κ2) is 6.43. The van der Waals surface area contributed by atoms with Crippen LogP contribution in [-0.4, -0.2) is 16.1 Å². The molecule has 0 saturated heterocycles. The predicted octanol–water partition coefficient (Wildman–Crippen LogP) is 4.86. The SMILES string of the molecule is O=C(O)c1csc(-c2csc(CSc3ccccc3)n2)c1. The predicted molar refractivity (Wildman–Crippen MR) is 88.4 cm³/mol. The molecule has 0 amide bonds. The van der Waals surface area contributed by atoms with E-state index in [-0.39, 0.29) is 0 Å². The number of thiophene rings is 1. The van der Waals surface area contributed by atoms with Crippen LogP contribution in [0.3, 0.4) is 0 Å². The summed E-state index contributed by atoms with van der Waals surface area (Å²) >= 11 is 4.77. The fourth-order valence-electron chi connectivity index (χ4n) is 1.73. The van der Waals surface area contributed by atoms with Crippen LogP contribution in [0.2, 0.25) is 0 Å². The van der Waals surface area contributed by atoms with Crippen molar-refractivity contribution in [2.45, 2.75) is 10.6 Å². The van der Waals surface area contributed by atoms with Gasteiger partial charge < -0.3 is 5.11 Å². The summed E-state index contributed by atoms with van der Waals surface area (Å²) < 4.78 is 0. The van der Waals surface area contributed by atoms with Gasteiger partial charge >= 0.3 is 5.97 Å². The lowest BCUT2D eigenvalue weighted by Crippen LogP contribution is -1.91. The summed E-state index contributed by atoms with van der Waals surface area (Å²) in [5, 5.41) is 13.6. The van der Waals surface area contributed by atoms with Crippen LogP contribution in [0, 0.1) is 0 Å². The van der Waals surface area contributed by atoms with E-state index in [9.17, 15) is 4.79 Å². The number of carbonyl (C=O) groups is 1. The van der Waals surface area contributed by atoms with Gasteiger partial charge in [-0.05, 0) is 18.2 Å². The van der Waals surface area contributed by atoms with E-state index >= 15 is 0 Å². The second-order valence-electron chi connectivity index (χ2n) is 4.23. The van der Waals surface area contributed by atoms with Crippen molar-refractivity contribution in [2.75, 3.05) is 0 Å². The summed E-state index contributed by atoms with van der Waals surface area (Å²) in [6, 6.07) is 11.9. The van der Waals surface area contributed by atoms with E-state index < -0.39 is 5.97 Å². The molecule has 0 saturated carbocycles. The zero-order valence-electron chi connectivity index (χ0n) is 10.9. The van der Waals surface area contributed by atoms with Crippen LogP contribution in [0.4, 0.5) is 0 Å². The molecule has 0 fully saturated rings. The number of rotatable bonds is 5. The number of thioether (sulfide) groups is 1. The summed E-state index contributed by atoms with van der Waals surface area (Å²) in [5.41, 5.74) is 1.18. The third-order valence-electron chi connectivity index (χ3n) is 2.76. The summed E-state index contributed by atoms with van der Waals surface area (Å²) in [6.07, 6.45) is 0. The van der Waals surface area contributed by atoms with E-state index in [2.05, 4.69) is 17.1 Å². The number of benzene rings is 1. The molecule has 0 aliphatic carbocycles. The Morgan fingerprint density at radius 1 is 1.19 bits per heavy atom. The molecule has 2 heterocycles. The minimum atomic E-state index is -0.896. The molecular weight excluding hydrogens is 322 g/mol. The van der Waals surface area contributed by atoms with Gasteiger partial charge in [-0.25, -0.2) is 9.78 Å². The highest BCUT2D eigenvalue weighted by molar-refractivity contribution is 7.98. The van der Waals surface area contributed by atoms with Gasteiger partial charge in [-0.2, -0.15) is 0 Å². The van der Waals surface area contributed by atoms with Crippen LogP contribution in [0.15, 0.2) is 52.1 Å². The first-order valence-corrected chi connectivity index (χ1v) is 8.91. The van der Waals surface area contributed by atoms with Gasteiger partial charge in [0.1, 0.15) is 5.01 Å². The minimum absolute atomic E-state index is 0.322. The maximum Gasteiger partial charge on any atom is 0.336 e. The zero-order valence-corrected chi connectivity index (χ0v) is 13.3. The molecule has 0 radical (unpaired) electrons. The van der Waals surface area contributed by atoms with Crippen LogP contribution in [0.1, 0.15) is 15.4 Å². The fraction of sp³-hybridized carbons (Fsp3) is 0.0667. The van der Waals surface area contributed by atoms with Gasteiger partial charge in [-0.3, -0.25) is 0 Å². The Morgan fingerprint density at radius 3 is 2.71 bits per heavy atom. The fourth-order valence-corrected chi connectivity index (χ4v) is 4.38. The van der Waals surface area contributed by atoms with Gasteiger partial charge in [-0.15, -0.1) is 34.4 Å². The maximum atomic E-state index is 10.9. The number of aromatic carboxylic acids is 1. The van der Waals surface area contributed by atoms with Crippen molar-refractivity contribution in [1.29, 1.82) is 0 Å². The lowest BCUT2D eigenvalue weighted by Gasteiger charge is -1.97. The first-order chi connectivity index (χ1) is 10.2. The van der Waals surface area contributed by atoms with Gasteiger partial charge in [-0.1, -0.05) is 18.2 Å². The van der Waals surface area contributed by atoms with Gasteiger partial charge in [0.2, 0.25) is 0 Å². The monoisotopic (exact) mass is 333 g/mol. The molecular formula is C15H11NO2S3. The molecule has 21 heavy (non-hydrogen) atoms. The Kier molecular flexibility index (Phi) is 4.38. The molecule has 1 aromatic carbocycles. The Bertz CT molecular complexity index is 749. The van der Waals surface area contributed by atoms with Gasteiger partial charge in [0.25, 0.3) is 0 Å². The van der Waals surface area contributed by atoms with E-state index in [1.54, 1.807) is 34.5 Å². The number of nitrogens with zero attached hydrogens (tertiary/aromatic N) is 1. The van der Waals surface area contributed by atoms with Gasteiger partial charge in [0.05, 0.1) is 21.9 Å². The van der Waals surface area contributed by atoms with Crippen LogP contribution < -0.4 is 0 Å². The van der Waals surface area contributed by atoms with Crippen molar-refractivity contribution in [2.24, 2.45) is 0 Å². The number of thiazole rings is 1. The number of aromatic nitrogens is 1. The third-order valence-corrected chi connectivity index (χ3v) is 5.76. The standard InChI is InChI=1S/C15H11NO2S3/c17-15(18)10-6-13(20-7-10)12-8-21-14(16-12)9-19-11-4-2-1-3-5-11/h1-8H,9H2,(H,17,18). The molecule has 0 bridgehead atoms. The van der Waals surface area contributed by atoms with Crippen LogP contribution >= 0.6 is 34.4 Å². The highest BCUT2D eigenvalue weighted by Crippen LogP contribution is 2.31. The summed E-state index contributed by atoms with van der Waals surface area (Å²) in [5.74, 6) is -0.0705. The van der Waals surface area contributed by atoms with Crippen molar-refractivity contribution in [1.82, 2.24) is 4.98 Å². The molecule has 0 aliphatic heterocycles. The van der Waals surface area contributed by atoms with E-state index in [1.807, 2.05) is 23.6 Å².